The van der Waals surface area contributed by atoms with Gasteiger partial charge in [0.1, 0.15) is 18.3 Å². The Morgan fingerprint density at radius 1 is 1.29 bits per heavy atom. The third-order valence-corrected chi connectivity index (χ3v) is 2.56. The van der Waals surface area contributed by atoms with Crippen LogP contribution in [0.1, 0.15) is 6.23 Å². The lowest BCUT2D eigenvalue weighted by atomic mass is 10.1. The van der Waals surface area contributed by atoms with E-state index in [1.165, 1.54) is 0 Å². The van der Waals surface area contributed by atoms with E-state index in [0.717, 1.165) is 16.8 Å². The number of hydrogen-bond donors (Lipinski definition) is 3. The van der Waals surface area contributed by atoms with E-state index in [4.69, 9.17) is 9.84 Å². The molecule has 1 aliphatic heterocycles. The van der Waals surface area contributed by atoms with Crippen molar-refractivity contribution in [3.63, 3.8) is 0 Å². The zero-order valence-corrected chi connectivity index (χ0v) is 8.59. The molecule has 0 aliphatic carbocycles. The van der Waals surface area contributed by atoms with Crippen molar-refractivity contribution in [1.29, 1.82) is 0 Å². The summed E-state index contributed by atoms with van der Waals surface area (Å²) in [7, 11) is 0. The van der Waals surface area contributed by atoms with Crippen LogP contribution in [0, 0.1) is 0 Å². The number of ether oxygens (including phenoxy) is 1. The zero-order chi connectivity index (χ0) is 12.6. The summed E-state index contributed by atoms with van der Waals surface area (Å²) >= 11 is 0. The minimum atomic E-state index is -1.39. The summed E-state index contributed by atoms with van der Waals surface area (Å²) in [5, 5.41) is 28.0. The maximum absolute atomic E-state index is 11.3. The van der Waals surface area contributed by atoms with Gasteiger partial charge in [0.15, 0.2) is 6.23 Å². The van der Waals surface area contributed by atoms with Crippen molar-refractivity contribution >= 4 is 0 Å². The van der Waals surface area contributed by atoms with Crippen LogP contribution in [0.4, 0.5) is 0 Å². The molecule has 0 bridgehead atoms. The monoisotopic (exact) mass is 245 g/mol. The molecule has 1 aromatic heterocycles. The molecule has 8 heteroatoms. The average molecular weight is 245 g/mol. The van der Waals surface area contributed by atoms with Crippen molar-refractivity contribution in [3.05, 3.63) is 33.2 Å². The molecular weight excluding hydrogens is 234 g/mol. The van der Waals surface area contributed by atoms with Crippen LogP contribution in [0.5, 0.6) is 0 Å². The summed E-state index contributed by atoms with van der Waals surface area (Å²) < 4.78 is 10.2. The van der Waals surface area contributed by atoms with Crippen molar-refractivity contribution in [2.75, 3.05) is 6.61 Å². The molecule has 8 nitrogen and oxygen atoms in total. The summed E-state index contributed by atoms with van der Waals surface area (Å²) in [6, 6.07) is 0.982. The van der Waals surface area contributed by atoms with Gasteiger partial charge in [-0.3, -0.25) is 4.57 Å². The van der Waals surface area contributed by atoms with Gasteiger partial charge < -0.3 is 24.5 Å². The van der Waals surface area contributed by atoms with Gasteiger partial charge in [0.25, 0.3) is 0 Å². The minimum Gasteiger partial charge on any atom is -0.394 e. The second-order valence-electron chi connectivity index (χ2n) is 3.64. The summed E-state index contributed by atoms with van der Waals surface area (Å²) in [6.07, 6.45) is -3.80. The molecule has 1 fully saturated rings. The topological polar surface area (TPSA) is 122 Å². The number of aliphatic hydroxyl groups is 3. The van der Waals surface area contributed by atoms with Crippen molar-refractivity contribution in [2.24, 2.45) is 0 Å². The Bertz CT molecular complexity index is 507. The lowest BCUT2D eigenvalue weighted by molar-refractivity contribution is -0.0577. The van der Waals surface area contributed by atoms with Crippen LogP contribution in [0.15, 0.2) is 26.3 Å². The Hall–Kier alpha value is -1.48. The molecule has 0 spiro atoms. The quantitative estimate of drug-likeness (QED) is 0.522. The van der Waals surface area contributed by atoms with Crippen LogP contribution in [0.3, 0.4) is 0 Å². The van der Waals surface area contributed by atoms with E-state index in [9.17, 15) is 19.8 Å². The van der Waals surface area contributed by atoms with E-state index in [0.29, 0.717) is 0 Å². The second-order valence-corrected chi connectivity index (χ2v) is 3.64. The second kappa shape index (κ2) is 4.41. The van der Waals surface area contributed by atoms with Crippen LogP contribution in [0.25, 0.3) is 0 Å². The molecule has 1 aliphatic rings. The fraction of sp³-hybridized carbons (Fsp3) is 0.556. The van der Waals surface area contributed by atoms with E-state index in [2.05, 4.69) is 4.42 Å². The molecule has 0 amide bonds. The van der Waals surface area contributed by atoms with Gasteiger partial charge in [-0.25, -0.2) is 9.59 Å². The van der Waals surface area contributed by atoms with Crippen molar-refractivity contribution < 1.29 is 24.5 Å². The maximum Gasteiger partial charge on any atom is 0.424 e. The van der Waals surface area contributed by atoms with Gasteiger partial charge in [0.05, 0.1) is 6.61 Å². The van der Waals surface area contributed by atoms with Crippen LogP contribution in [-0.2, 0) is 4.74 Å². The average Bonchev–Trinajstić information content (AvgIpc) is 2.57. The van der Waals surface area contributed by atoms with Gasteiger partial charge in [-0.2, -0.15) is 0 Å². The maximum atomic E-state index is 11.3. The Labute approximate surface area is 94.3 Å². The van der Waals surface area contributed by atoms with Crippen LogP contribution in [0.2, 0.25) is 0 Å². The Balaban J connectivity index is 2.35. The largest absolute Gasteiger partial charge is 0.424 e. The Morgan fingerprint density at radius 3 is 2.53 bits per heavy atom. The first-order valence-electron chi connectivity index (χ1n) is 4.89. The molecule has 0 saturated carbocycles. The van der Waals surface area contributed by atoms with Crippen LogP contribution >= 0.6 is 0 Å². The molecule has 2 rings (SSSR count). The first-order chi connectivity index (χ1) is 8.04. The molecule has 17 heavy (non-hydrogen) atoms. The highest BCUT2D eigenvalue weighted by molar-refractivity contribution is 4.91. The Kier molecular flexibility index (Phi) is 3.11. The highest BCUT2D eigenvalue weighted by atomic mass is 16.6. The molecule has 0 radical (unpaired) electrons. The Morgan fingerprint density at radius 2 is 2.00 bits per heavy atom. The SMILES string of the molecule is O=c1ccn(C2O[C@H](CO)[C@@H](O)[C@H]2O)c(=O)o1. The predicted molar refractivity (Wildman–Crippen MR) is 52.2 cm³/mol. The van der Waals surface area contributed by atoms with E-state index in [-0.39, 0.29) is 0 Å². The smallest absolute Gasteiger partial charge is 0.394 e. The molecule has 1 unspecified atom stereocenters. The third-order valence-electron chi connectivity index (χ3n) is 2.56. The lowest BCUT2D eigenvalue weighted by Crippen LogP contribution is -2.35. The fourth-order valence-corrected chi connectivity index (χ4v) is 1.67. The predicted octanol–water partition coefficient (Wildman–Crippen LogP) is -2.59. The summed E-state index contributed by atoms with van der Waals surface area (Å²) in [4.78, 5) is 22.1. The molecule has 1 aromatic rings. The van der Waals surface area contributed by atoms with E-state index in [1.807, 2.05) is 0 Å². The van der Waals surface area contributed by atoms with Crippen molar-refractivity contribution in [1.82, 2.24) is 4.57 Å². The van der Waals surface area contributed by atoms with Crippen LogP contribution in [-0.4, -0.2) is 44.8 Å². The van der Waals surface area contributed by atoms with Gasteiger partial charge in [-0.05, 0) is 0 Å². The van der Waals surface area contributed by atoms with Gasteiger partial charge in [-0.15, -0.1) is 0 Å². The molecule has 94 valence electrons. The number of nitrogens with zero attached hydrogens (tertiary/aromatic N) is 1. The first kappa shape index (κ1) is 12.0. The number of rotatable bonds is 2. The molecule has 1 saturated heterocycles. The zero-order valence-electron chi connectivity index (χ0n) is 8.59. The summed E-state index contributed by atoms with van der Waals surface area (Å²) in [6.45, 7) is -0.500. The van der Waals surface area contributed by atoms with Gasteiger partial charge in [-0.1, -0.05) is 0 Å². The minimum absolute atomic E-state index is 0.500. The molecule has 4 atom stereocenters. The van der Waals surface area contributed by atoms with E-state index >= 15 is 0 Å². The molecule has 0 aromatic carbocycles. The summed E-state index contributed by atoms with van der Waals surface area (Å²) in [5.41, 5.74) is -0.821. The van der Waals surface area contributed by atoms with Crippen LogP contribution < -0.4 is 11.4 Å². The fourth-order valence-electron chi connectivity index (χ4n) is 1.67. The standard InChI is InChI=1S/C9H11NO7/c11-3-4-6(13)7(14)8(16-4)10-2-1-5(12)17-9(10)15/h1-2,4,6-8,11,13-14H,3H2/t4-,6-,7-,8?/m1/s1. The van der Waals surface area contributed by atoms with Gasteiger partial charge in [0, 0.05) is 12.3 Å². The lowest BCUT2D eigenvalue weighted by Gasteiger charge is -2.15. The highest BCUT2D eigenvalue weighted by Crippen LogP contribution is 2.27. The molecule has 3 N–H and O–H groups in total. The number of hydrogen-bond acceptors (Lipinski definition) is 7. The number of aliphatic hydroxyl groups excluding tert-OH is 3. The number of aromatic nitrogens is 1. The third kappa shape index (κ3) is 2.03. The van der Waals surface area contributed by atoms with Crippen molar-refractivity contribution in [3.8, 4) is 0 Å². The normalized spacial score (nSPS) is 32.9. The first-order valence-corrected chi connectivity index (χ1v) is 4.89. The van der Waals surface area contributed by atoms with E-state index < -0.39 is 42.5 Å². The summed E-state index contributed by atoms with van der Waals surface area (Å²) in [5.74, 6) is -1.01. The van der Waals surface area contributed by atoms with Gasteiger partial charge >= 0.3 is 11.4 Å². The molecule has 2 heterocycles. The van der Waals surface area contributed by atoms with E-state index in [1.54, 1.807) is 0 Å². The van der Waals surface area contributed by atoms with Crippen molar-refractivity contribution in [2.45, 2.75) is 24.5 Å². The highest BCUT2D eigenvalue weighted by Gasteiger charge is 2.43. The van der Waals surface area contributed by atoms with Gasteiger partial charge in [0.2, 0.25) is 0 Å². The molecular formula is C9H11NO7.